The molecule has 0 aliphatic heterocycles. The molecule has 146 valence electrons. The van der Waals surface area contributed by atoms with Gasteiger partial charge in [0.25, 0.3) is 0 Å². The normalized spacial score (nSPS) is 11.3. The molecule has 0 saturated heterocycles. The lowest BCUT2D eigenvalue weighted by Crippen LogP contribution is -2.24. The van der Waals surface area contributed by atoms with E-state index in [4.69, 9.17) is 16.3 Å². The largest absolute Gasteiger partial charge is 0.495 e. The molecule has 0 unspecified atom stereocenters. The number of carbonyl (C=O) groups excluding carboxylic acids is 1. The highest BCUT2D eigenvalue weighted by atomic mass is 35.5. The zero-order valence-electron chi connectivity index (χ0n) is 14.9. The molecule has 10 heteroatoms. The van der Waals surface area contributed by atoms with Crippen molar-refractivity contribution in [1.82, 2.24) is 4.31 Å². The summed E-state index contributed by atoms with van der Waals surface area (Å²) in [6, 6.07) is 8.29. The van der Waals surface area contributed by atoms with Crippen LogP contribution in [-0.4, -0.2) is 46.4 Å². The number of anilines is 2. The van der Waals surface area contributed by atoms with Crippen LogP contribution in [-0.2, 0) is 14.8 Å². The Bertz CT molecular complexity index is 951. The summed E-state index contributed by atoms with van der Waals surface area (Å²) in [5.74, 6) is -0.912. The highest BCUT2D eigenvalue weighted by Crippen LogP contribution is 2.28. The summed E-state index contributed by atoms with van der Waals surface area (Å²) in [7, 11) is 0.377. The first-order valence-electron chi connectivity index (χ1n) is 7.74. The number of methoxy groups -OCH3 is 1. The first-order chi connectivity index (χ1) is 12.6. The molecule has 0 saturated carbocycles. The minimum absolute atomic E-state index is 0.0792. The molecule has 2 aromatic rings. The van der Waals surface area contributed by atoms with Crippen LogP contribution in [0.5, 0.6) is 5.75 Å². The highest BCUT2D eigenvalue weighted by molar-refractivity contribution is 7.89. The summed E-state index contributed by atoms with van der Waals surface area (Å²) in [4.78, 5) is 12.0. The van der Waals surface area contributed by atoms with Gasteiger partial charge in [-0.05, 0) is 36.4 Å². The van der Waals surface area contributed by atoms with Crippen molar-refractivity contribution < 1.29 is 22.3 Å². The van der Waals surface area contributed by atoms with Gasteiger partial charge < -0.3 is 15.4 Å². The second-order valence-electron chi connectivity index (χ2n) is 5.68. The van der Waals surface area contributed by atoms with E-state index in [-0.39, 0.29) is 33.6 Å². The van der Waals surface area contributed by atoms with E-state index in [9.17, 15) is 17.6 Å². The zero-order valence-corrected chi connectivity index (χ0v) is 16.5. The van der Waals surface area contributed by atoms with Crippen molar-refractivity contribution in [3.8, 4) is 5.75 Å². The van der Waals surface area contributed by atoms with Gasteiger partial charge in [0.05, 0.1) is 19.3 Å². The Balaban J connectivity index is 2.14. The average molecular weight is 416 g/mol. The van der Waals surface area contributed by atoms with Gasteiger partial charge >= 0.3 is 0 Å². The third-order valence-electron chi connectivity index (χ3n) is 3.58. The molecule has 0 heterocycles. The molecule has 2 N–H and O–H groups in total. The van der Waals surface area contributed by atoms with Crippen molar-refractivity contribution >= 4 is 38.9 Å². The van der Waals surface area contributed by atoms with Crippen LogP contribution in [0.4, 0.5) is 15.8 Å². The second kappa shape index (κ2) is 8.55. The maximum absolute atomic E-state index is 13.7. The molecular formula is C17H19ClFN3O4S. The van der Waals surface area contributed by atoms with Crippen LogP contribution in [0.15, 0.2) is 41.3 Å². The number of benzene rings is 2. The predicted molar refractivity (Wildman–Crippen MR) is 102 cm³/mol. The number of nitrogens with zero attached hydrogens (tertiary/aromatic N) is 1. The van der Waals surface area contributed by atoms with E-state index in [2.05, 4.69) is 10.6 Å². The molecule has 0 aromatic heterocycles. The Morgan fingerprint density at radius 3 is 2.52 bits per heavy atom. The summed E-state index contributed by atoms with van der Waals surface area (Å²) in [6.07, 6.45) is 0. The lowest BCUT2D eigenvalue weighted by molar-refractivity contribution is -0.114. The maximum Gasteiger partial charge on any atom is 0.246 e. The van der Waals surface area contributed by atoms with Crippen molar-refractivity contribution in [2.24, 2.45) is 0 Å². The van der Waals surface area contributed by atoms with Gasteiger partial charge in [0.15, 0.2) is 0 Å². The first kappa shape index (κ1) is 20.9. The van der Waals surface area contributed by atoms with Gasteiger partial charge in [0.2, 0.25) is 15.9 Å². The molecule has 1 amide bonds. The van der Waals surface area contributed by atoms with Crippen LogP contribution >= 0.6 is 11.6 Å². The summed E-state index contributed by atoms with van der Waals surface area (Å²) in [6.45, 7) is -0.222. The number of carbonyl (C=O) groups is 1. The first-order valence-corrected chi connectivity index (χ1v) is 9.56. The van der Waals surface area contributed by atoms with Gasteiger partial charge in [-0.1, -0.05) is 11.6 Å². The topological polar surface area (TPSA) is 87.7 Å². The van der Waals surface area contributed by atoms with Crippen molar-refractivity contribution in [2.45, 2.75) is 4.90 Å². The van der Waals surface area contributed by atoms with E-state index >= 15 is 0 Å². The highest BCUT2D eigenvalue weighted by Gasteiger charge is 2.23. The van der Waals surface area contributed by atoms with Crippen LogP contribution in [0.2, 0.25) is 5.02 Å². The second-order valence-corrected chi connectivity index (χ2v) is 8.24. The zero-order chi connectivity index (χ0) is 20.2. The Kier molecular flexibility index (Phi) is 6.63. The van der Waals surface area contributed by atoms with Crippen molar-refractivity contribution in [3.63, 3.8) is 0 Å². The number of nitrogens with one attached hydrogen (secondary N) is 2. The summed E-state index contributed by atoms with van der Waals surface area (Å²) < 4.78 is 44.6. The molecule has 0 radical (unpaired) electrons. The molecule has 0 spiro atoms. The fraction of sp³-hybridized carbons (Fsp3) is 0.235. The Morgan fingerprint density at radius 1 is 1.22 bits per heavy atom. The molecule has 27 heavy (non-hydrogen) atoms. The molecule has 0 fully saturated rings. The van der Waals surface area contributed by atoms with E-state index in [0.29, 0.717) is 0 Å². The minimum Gasteiger partial charge on any atom is -0.495 e. The van der Waals surface area contributed by atoms with Crippen LogP contribution in [0.1, 0.15) is 0 Å². The summed E-state index contributed by atoms with van der Waals surface area (Å²) in [5, 5.41) is 5.45. The van der Waals surface area contributed by atoms with E-state index < -0.39 is 21.7 Å². The molecule has 2 aromatic carbocycles. The summed E-state index contributed by atoms with van der Waals surface area (Å²) >= 11 is 5.68. The number of ether oxygens (including phenoxy) is 1. The standard InChI is InChI=1S/C17H19ClFN3O4S/c1-22(2)27(24,25)16-9-12(5-7-15(16)26-3)21-17(23)10-20-14-6-4-11(18)8-13(14)19/h4-9,20H,10H2,1-3H3,(H,21,23). The SMILES string of the molecule is COc1ccc(NC(=O)CNc2ccc(Cl)cc2F)cc1S(=O)(=O)N(C)C. The van der Waals surface area contributed by atoms with Crippen molar-refractivity contribution in [2.75, 3.05) is 38.4 Å². The Morgan fingerprint density at radius 2 is 1.93 bits per heavy atom. The number of hydrogen-bond donors (Lipinski definition) is 2. The monoisotopic (exact) mass is 415 g/mol. The predicted octanol–water partition coefficient (Wildman–Crippen LogP) is 2.79. The number of amides is 1. The Hall–Kier alpha value is -2.36. The smallest absolute Gasteiger partial charge is 0.246 e. The van der Waals surface area contributed by atoms with Gasteiger partial charge in [-0.2, -0.15) is 0 Å². The third-order valence-corrected chi connectivity index (χ3v) is 5.65. The molecule has 0 aliphatic carbocycles. The quantitative estimate of drug-likeness (QED) is 0.726. The maximum atomic E-state index is 13.7. The van der Waals surface area contributed by atoms with Gasteiger partial charge in [-0.25, -0.2) is 17.1 Å². The van der Waals surface area contributed by atoms with E-state index in [1.807, 2.05) is 0 Å². The van der Waals surface area contributed by atoms with Crippen LogP contribution < -0.4 is 15.4 Å². The fourth-order valence-corrected chi connectivity index (χ4v) is 3.40. The lowest BCUT2D eigenvalue weighted by atomic mass is 10.3. The molecule has 2 rings (SSSR count). The van der Waals surface area contributed by atoms with E-state index in [1.165, 1.54) is 51.5 Å². The molecule has 0 atom stereocenters. The van der Waals surface area contributed by atoms with Crippen LogP contribution in [0, 0.1) is 5.82 Å². The lowest BCUT2D eigenvalue weighted by Gasteiger charge is -2.16. The van der Waals surface area contributed by atoms with Crippen LogP contribution in [0.3, 0.4) is 0 Å². The van der Waals surface area contributed by atoms with Gasteiger partial charge in [-0.3, -0.25) is 4.79 Å². The van der Waals surface area contributed by atoms with Gasteiger partial charge in [-0.15, -0.1) is 0 Å². The number of halogens is 2. The van der Waals surface area contributed by atoms with Crippen LogP contribution in [0.25, 0.3) is 0 Å². The van der Waals surface area contributed by atoms with Crippen molar-refractivity contribution in [1.29, 1.82) is 0 Å². The minimum atomic E-state index is -3.76. The average Bonchev–Trinajstić information content (AvgIpc) is 2.60. The Labute approximate surface area is 162 Å². The molecule has 7 nitrogen and oxygen atoms in total. The fourth-order valence-electron chi connectivity index (χ4n) is 2.17. The van der Waals surface area contributed by atoms with E-state index in [0.717, 1.165) is 10.4 Å². The number of sulfonamides is 1. The third kappa shape index (κ3) is 5.09. The number of rotatable bonds is 7. The number of hydrogen-bond acceptors (Lipinski definition) is 5. The van der Waals surface area contributed by atoms with E-state index in [1.54, 1.807) is 0 Å². The molecule has 0 bridgehead atoms. The van der Waals surface area contributed by atoms with Crippen molar-refractivity contribution in [3.05, 3.63) is 47.2 Å². The molecular weight excluding hydrogens is 397 g/mol. The van der Waals surface area contributed by atoms with Gasteiger partial charge in [0.1, 0.15) is 16.5 Å². The molecule has 0 aliphatic rings. The summed E-state index contributed by atoms with van der Waals surface area (Å²) in [5.41, 5.74) is 0.389. The van der Waals surface area contributed by atoms with Gasteiger partial charge in [0, 0.05) is 24.8 Å².